The molecule has 0 saturated heterocycles. The van der Waals surface area contributed by atoms with E-state index in [9.17, 15) is 9.59 Å². The number of ether oxygens (including phenoxy) is 1. The largest absolute Gasteiger partial charge is 0.465 e. The molecule has 0 saturated carbocycles. The van der Waals surface area contributed by atoms with E-state index in [-0.39, 0.29) is 5.78 Å². The third-order valence-electron chi connectivity index (χ3n) is 2.29. The SMILES string of the molecule is CCC(=O)c1ccc(C)c(C(=O)OC)c1. The van der Waals surface area contributed by atoms with E-state index in [0.29, 0.717) is 17.5 Å². The minimum Gasteiger partial charge on any atom is -0.465 e. The van der Waals surface area contributed by atoms with Gasteiger partial charge in [-0.1, -0.05) is 19.1 Å². The molecule has 0 bridgehead atoms. The van der Waals surface area contributed by atoms with E-state index in [1.165, 1.54) is 7.11 Å². The Kier molecular flexibility index (Phi) is 3.61. The number of rotatable bonds is 3. The van der Waals surface area contributed by atoms with Gasteiger partial charge in [0, 0.05) is 12.0 Å². The van der Waals surface area contributed by atoms with E-state index in [2.05, 4.69) is 4.74 Å². The van der Waals surface area contributed by atoms with Crippen molar-refractivity contribution in [1.82, 2.24) is 0 Å². The molecule has 0 fully saturated rings. The molecule has 0 unspecified atom stereocenters. The highest BCUT2D eigenvalue weighted by Gasteiger charge is 2.12. The lowest BCUT2D eigenvalue weighted by Crippen LogP contribution is -2.06. The van der Waals surface area contributed by atoms with Gasteiger partial charge in [0.15, 0.2) is 5.78 Å². The summed E-state index contributed by atoms with van der Waals surface area (Å²) in [4.78, 5) is 22.8. The Bertz CT molecular complexity index is 394. The summed E-state index contributed by atoms with van der Waals surface area (Å²) in [6.45, 7) is 3.60. The Morgan fingerprint density at radius 3 is 2.53 bits per heavy atom. The fourth-order valence-electron chi connectivity index (χ4n) is 1.33. The van der Waals surface area contributed by atoms with Gasteiger partial charge >= 0.3 is 5.97 Å². The van der Waals surface area contributed by atoms with Gasteiger partial charge in [0.05, 0.1) is 12.7 Å². The van der Waals surface area contributed by atoms with E-state index in [1.54, 1.807) is 25.1 Å². The smallest absolute Gasteiger partial charge is 0.338 e. The molecule has 3 heteroatoms. The molecular formula is C12H14O3. The zero-order chi connectivity index (χ0) is 11.4. The summed E-state index contributed by atoms with van der Waals surface area (Å²) >= 11 is 0. The van der Waals surface area contributed by atoms with Crippen molar-refractivity contribution in [2.45, 2.75) is 20.3 Å². The average Bonchev–Trinajstić information content (AvgIpc) is 2.27. The fraction of sp³-hybridized carbons (Fsp3) is 0.333. The quantitative estimate of drug-likeness (QED) is 0.563. The Hall–Kier alpha value is -1.64. The number of hydrogen-bond donors (Lipinski definition) is 0. The molecule has 0 amide bonds. The molecule has 3 nitrogen and oxygen atoms in total. The van der Waals surface area contributed by atoms with Crippen LogP contribution in [0.4, 0.5) is 0 Å². The number of esters is 1. The van der Waals surface area contributed by atoms with E-state index in [4.69, 9.17) is 0 Å². The van der Waals surface area contributed by atoms with Crippen LogP contribution in [0, 0.1) is 6.92 Å². The van der Waals surface area contributed by atoms with Gasteiger partial charge in [-0.2, -0.15) is 0 Å². The molecule has 0 aromatic heterocycles. The Morgan fingerprint density at radius 1 is 1.33 bits per heavy atom. The summed E-state index contributed by atoms with van der Waals surface area (Å²) in [5.41, 5.74) is 1.83. The molecular weight excluding hydrogens is 192 g/mol. The second kappa shape index (κ2) is 4.73. The minimum atomic E-state index is -0.404. The van der Waals surface area contributed by atoms with Crippen LogP contribution >= 0.6 is 0 Å². The zero-order valence-electron chi connectivity index (χ0n) is 9.16. The van der Waals surface area contributed by atoms with E-state index < -0.39 is 5.97 Å². The number of methoxy groups -OCH3 is 1. The molecule has 1 aromatic carbocycles. The van der Waals surface area contributed by atoms with E-state index in [0.717, 1.165) is 5.56 Å². The predicted octanol–water partition coefficient (Wildman–Crippen LogP) is 2.37. The molecule has 0 spiro atoms. The average molecular weight is 206 g/mol. The maximum atomic E-state index is 11.4. The normalized spacial score (nSPS) is 9.80. The van der Waals surface area contributed by atoms with Crippen LogP contribution in [-0.4, -0.2) is 18.9 Å². The van der Waals surface area contributed by atoms with Crippen molar-refractivity contribution >= 4 is 11.8 Å². The number of Topliss-reactive ketones (excluding diaryl/α,β-unsaturated/α-hetero) is 1. The molecule has 0 N–H and O–H groups in total. The first-order chi connectivity index (χ1) is 7.10. The van der Waals surface area contributed by atoms with Crippen LogP contribution in [0.5, 0.6) is 0 Å². The maximum Gasteiger partial charge on any atom is 0.338 e. The van der Waals surface area contributed by atoms with Crippen LogP contribution in [0.2, 0.25) is 0 Å². The lowest BCUT2D eigenvalue weighted by molar-refractivity contribution is 0.0600. The molecule has 0 atom stereocenters. The topological polar surface area (TPSA) is 43.4 Å². The van der Waals surface area contributed by atoms with Gasteiger partial charge in [-0.25, -0.2) is 4.79 Å². The van der Waals surface area contributed by atoms with E-state index in [1.807, 2.05) is 6.92 Å². The molecule has 0 aliphatic heterocycles. The van der Waals surface area contributed by atoms with Gasteiger partial charge < -0.3 is 4.74 Å². The van der Waals surface area contributed by atoms with Crippen LogP contribution in [0.3, 0.4) is 0 Å². The monoisotopic (exact) mass is 206 g/mol. The molecule has 0 radical (unpaired) electrons. The zero-order valence-corrected chi connectivity index (χ0v) is 9.16. The van der Waals surface area contributed by atoms with Crippen molar-refractivity contribution < 1.29 is 14.3 Å². The summed E-state index contributed by atoms with van der Waals surface area (Å²) < 4.78 is 4.64. The maximum absolute atomic E-state index is 11.4. The lowest BCUT2D eigenvalue weighted by atomic mass is 10.0. The van der Waals surface area contributed by atoms with Gasteiger partial charge in [-0.15, -0.1) is 0 Å². The predicted molar refractivity (Wildman–Crippen MR) is 57.1 cm³/mol. The summed E-state index contributed by atoms with van der Waals surface area (Å²) in [7, 11) is 1.33. The Labute approximate surface area is 89.1 Å². The highest BCUT2D eigenvalue weighted by Crippen LogP contribution is 2.13. The summed E-state index contributed by atoms with van der Waals surface area (Å²) in [5, 5.41) is 0. The highest BCUT2D eigenvalue weighted by molar-refractivity contribution is 5.99. The Balaban J connectivity index is 3.16. The van der Waals surface area contributed by atoms with Crippen LogP contribution < -0.4 is 0 Å². The summed E-state index contributed by atoms with van der Waals surface area (Å²) in [6.07, 6.45) is 0.434. The molecule has 80 valence electrons. The third-order valence-corrected chi connectivity index (χ3v) is 2.29. The number of benzene rings is 1. The lowest BCUT2D eigenvalue weighted by Gasteiger charge is -2.05. The van der Waals surface area contributed by atoms with Crippen LogP contribution in [0.1, 0.15) is 39.6 Å². The van der Waals surface area contributed by atoms with Crippen molar-refractivity contribution in [3.8, 4) is 0 Å². The fourth-order valence-corrected chi connectivity index (χ4v) is 1.33. The first-order valence-electron chi connectivity index (χ1n) is 4.82. The number of hydrogen-bond acceptors (Lipinski definition) is 3. The van der Waals surface area contributed by atoms with Crippen molar-refractivity contribution in [2.75, 3.05) is 7.11 Å². The van der Waals surface area contributed by atoms with Crippen LogP contribution in [0.15, 0.2) is 18.2 Å². The van der Waals surface area contributed by atoms with Crippen LogP contribution in [0.25, 0.3) is 0 Å². The van der Waals surface area contributed by atoms with Gasteiger partial charge in [-0.05, 0) is 18.6 Å². The second-order valence-electron chi connectivity index (χ2n) is 3.30. The highest BCUT2D eigenvalue weighted by atomic mass is 16.5. The minimum absolute atomic E-state index is 0.0279. The van der Waals surface area contributed by atoms with Crippen molar-refractivity contribution in [3.05, 3.63) is 34.9 Å². The third kappa shape index (κ3) is 2.43. The summed E-state index contributed by atoms with van der Waals surface area (Å²) in [5.74, 6) is -0.376. The molecule has 0 aliphatic carbocycles. The van der Waals surface area contributed by atoms with E-state index >= 15 is 0 Å². The molecule has 0 aliphatic rings. The second-order valence-corrected chi connectivity index (χ2v) is 3.30. The van der Waals surface area contributed by atoms with Gasteiger partial charge in [-0.3, -0.25) is 4.79 Å². The van der Waals surface area contributed by atoms with Gasteiger partial charge in [0.2, 0.25) is 0 Å². The first-order valence-corrected chi connectivity index (χ1v) is 4.82. The number of ketones is 1. The van der Waals surface area contributed by atoms with Crippen LogP contribution in [-0.2, 0) is 4.74 Å². The summed E-state index contributed by atoms with van der Waals surface area (Å²) in [6, 6.07) is 5.08. The van der Waals surface area contributed by atoms with Gasteiger partial charge in [0.25, 0.3) is 0 Å². The molecule has 1 aromatic rings. The Morgan fingerprint density at radius 2 is 2.00 bits per heavy atom. The van der Waals surface area contributed by atoms with Crippen molar-refractivity contribution in [1.29, 1.82) is 0 Å². The molecule has 0 heterocycles. The molecule has 1 rings (SSSR count). The van der Waals surface area contributed by atoms with Crippen molar-refractivity contribution in [2.24, 2.45) is 0 Å². The molecule has 15 heavy (non-hydrogen) atoms. The van der Waals surface area contributed by atoms with Crippen molar-refractivity contribution in [3.63, 3.8) is 0 Å². The number of aryl methyl sites for hydroxylation is 1. The number of carbonyl (C=O) groups is 2. The first kappa shape index (κ1) is 11.4. The van der Waals surface area contributed by atoms with Gasteiger partial charge in [0.1, 0.15) is 0 Å². The standard InChI is InChI=1S/C12H14O3/c1-4-11(13)9-6-5-8(2)10(7-9)12(14)15-3/h5-7H,4H2,1-3H3. The number of carbonyl (C=O) groups excluding carboxylic acids is 2.